The highest BCUT2D eigenvalue weighted by molar-refractivity contribution is 5.46. The molecular weight excluding hydrogens is 266 g/mol. The first kappa shape index (κ1) is 14.7. The van der Waals surface area contributed by atoms with E-state index < -0.39 is 0 Å². The summed E-state index contributed by atoms with van der Waals surface area (Å²) in [6, 6.07) is 5.89. The van der Waals surface area contributed by atoms with Crippen molar-refractivity contribution in [2.45, 2.75) is 56.8 Å². The van der Waals surface area contributed by atoms with Gasteiger partial charge in [-0.3, -0.25) is 0 Å². The predicted octanol–water partition coefficient (Wildman–Crippen LogP) is 3.02. The quantitative estimate of drug-likeness (QED) is 0.926. The second kappa shape index (κ2) is 6.24. The monoisotopic (exact) mass is 291 g/mol. The fourth-order valence-electron chi connectivity index (χ4n) is 3.63. The number of para-hydroxylation sites is 1. The van der Waals surface area contributed by atoms with Gasteiger partial charge in [0.15, 0.2) is 11.5 Å². The smallest absolute Gasteiger partial charge is 0.166 e. The topological polar surface area (TPSA) is 53.7 Å². The molecule has 1 atom stereocenters. The van der Waals surface area contributed by atoms with Crippen LogP contribution >= 0.6 is 0 Å². The van der Waals surface area contributed by atoms with Gasteiger partial charge in [-0.25, -0.2) is 0 Å². The Hall–Kier alpha value is -1.26. The van der Waals surface area contributed by atoms with Crippen LogP contribution in [-0.2, 0) is 11.3 Å². The summed E-state index contributed by atoms with van der Waals surface area (Å²) in [4.78, 5) is 0. The number of nitrogens with two attached hydrogens (primary N) is 1. The van der Waals surface area contributed by atoms with E-state index in [0.29, 0.717) is 6.54 Å². The first-order chi connectivity index (χ1) is 10.3. The van der Waals surface area contributed by atoms with E-state index in [2.05, 4.69) is 0 Å². The molecule has 3 rings (SSSR count). The van der Waals surface area contributed by atoms with Gasteiger partial charge in [0.2, 0.25) is 0 Å². The Morgan fingerprint density at radius 2 is 2.14 bits per heavy atom. The first-order valence-electron chi connectivity index (χ1n) is 7.93. The van der Waals surface area contributed by atoms with Crippen LogP contribution in [0.25, 0.3) is 0 Å². The van der Waals surface area contributed by atoms with Crippen molar-refractivity contribution in [2.24, 2.45) is 5.73 Å². The van der Waals surface area contributed by atoms with Crippen molar-refractivity contribution in [1.29, 1.82) is 0 Å². The van der Waals surface area contributed by atoms with Crippen molar-refractivity contribution in [3.8, 4) is 11.5 Å². The van der Waals surface area contributed by atoms with E-state index in [1.165, 1.54) is 25.7 Å². The van der Waals surface area contributed by atoms with Crippen molar-refractivity contribution in [3.05, 3.63) is 23.8 Å². The SMILES string of the molecule is COc1cccc(CN)c1OC1CCOC2(CCCC2)C1. The van der Waals surface area contributed by atoms with Crippen LogP contribution in [0.4, 0.5) is 0 Å². The third kappa shape index (κ3) is 3.01. The van der Waals surface area contributed by atoms with E-state index in [4.69, 9.17) is 19.9 Å². The summed E-state index contributed by atoms with van der Waals surface area (Å²) < 4.78 is 17.8. The number of rotatable bonds is 4. The lowest BCUT2D eigenvalue weighted by Gasteiger charge is -2.38. The zero-order valence-electron chi connectivity index (χ0n) is 12.8. The van der Waals surface area contributed by atoms with Crippen LogP contribution in [0.15, 0.2) is 18.2 Å². The molecule has 1 spiro atoms. The number of hydrogen-bond donors (Lipinski definition) is 1. The molecule has 1 aromatic rings. The summed E-state index contributed by atoms with van der Waals surface area (Å²) in [6.45, 7) is 1.25. The normalized spacial score (nSPS) is 24.2. The van der Waals surface area contributed by atoms with Gasteiger partial charge >= 0.3 is 0 Å². The van der Waals surface area contributed by atoms with Gasteiger partial charge in [0.05, 0.1) is 19.3 Å². The minimum Gasteiger partial charge on any atom is -0.493 e. The van der Waals surface area contributed by atoms with Crippen LogP contribution < -0.4 is 15.2 Å². The van der Waals surface area contributed by atoms with E-state index in [1.54, 1.807) is 7.11 Å². The summed E-state index contributed by atoms with van der Waals surface area (Å²) in [5, 5.41) is 0. The van der Waals surface area contributed by atoms with E-state index in [1.807, 2.05) is 18.2 Å². The molecule has 1 saturated carbocycles. The molecule has 0 amide bonds. The van der Waals surface area contributed by atoms with E-state index in [-0.39, 0.29) is 11.7 Å². The highest BCUT2D eigenvalue weighted by atomic mass is 16.5. The summed E-state index contributed by atoms with van der Waals surface area (Å²) in [7, 11) is 1.67. The van der Waals surface area contributed by atoms with Gasteiger partial charge in [-0.05, 0) is 18.9 Å². The maximum Gasteiger partial charge on any atom is 0.166 e. The molecule has 1 aliphatic carbocycles. The maximum absolute atomic E-state index is 6.30. The van der Waals surface area contributed by atoms with Gasteiger partial charge in [-0.2, -0.15) is 0 Å². The second-order valence-corrected chi connectivity index (χ2v) is 6.12. The first-order valence-corrected chi connectivity index (χ1v) is 7.93. The van der Waals surface area contributed by atoms with Gasteiger partial charge in [0.25, 0.3) is 0 Å². The maximum atomic E-state index is 6.30. The van der Waals surface area contributed by atoms with Crippen LogP contribution in [0.1, 0.15) is 44.1 Å². The van der Waals surface area contributed by atoms with Crippen LogP contribution in [0, 0.1) is 0 Å². The lowest BCUT2D eigenvalue weighted by atomic mass is 9.90. The van der Waals surface area contributed by atoms with E-state index in [9.17, 15) is 0 Å². The Balaban J connectivity index is 1.77. The number of ether oxygens (including phenoxy) is 3. The van der Waals surface area contributed by atoms with E-state index in [0.717, 1.165) is 36.5 Å². The number of methoxy groups -OCH3 is 1. The molecule has 1 heterocycles. The summed E-state index contributed by atoms with van der Waals surface area (Å²) in [6.07, 6.45) is 6.99. The lowest BCUT2D eigenvalue weighted by molar-refractivity contribution is -0.108. The molecule has 4 heteroatoms. The lowest BCUT2D eigenvalue weighted by Crippen LogP contribution is -2.41. The molecule has 2 N–H and O–H groups in total. The standard InChI is InChI=1S/C17H25NO3/c1-19-15-6-4-5-13(12-18)16(15)21-14-7-10-20-17(11-14)8-2-3-9-17/h4-6,14H,2-3,7-12,18H2,1H3. The average Bonchev–Trinajstić information content (AvgIpc) is 2.95. The van der Waals surface area contributed by atoms with E-state index >= 15 is 0 Å². The van der Waals surface area contributed by atoms with Crippen LogP contribution in [-0.4, -0.2) is 25.4 Å². The number of hydrogen-bond acceptors (Lipinski definition) is 4. The van der Waals surface area contributed by atoms with Gasteiger partial charge in [-0.15, -0.1) is 0 Å². The Bertz CT molecular complexity index is 461. The molecular formula is C17H25NO3. The molecule has 21 heavy (non-hydrogen) atoms. The molecule has 1 aliphatic heterocycles. The van der Waals surface area contributed by atoms with Crippen molar-refractivity contribution in [3.63, 3.8) is 0 Å². The van der Waals surface area contributed by atoms with Crippen molar-refractivity contribution in [2.75, 3.05) is 13.7 Å². The Morgan fingerprint density at radius 1 is 1.33 bits per heavy atom. The Labute approximate surface area is 126 Å². The molecule has 4 nitrogen and oxygen atoms in total. The fraction of sp³-hybridized carbons (Fsp3) is 0.647. The van der Waals surface area contributed by atoms with Crippen molar-refractivity contribution in [1.82, 2.24) is 0 Å². The Kier molecular flexibility index (Phi) is 4.36. The third-order valence-corrected chi connectivity index (χ3v) is 4.75. The average molecular weight is 291 g/mol. The zero-order chi connectivity index (χ0) is 14.7. The molecule has 2 fully saturated rings. The van der Waals surface area contributed by atoms with Gasteiger partial charge in [0.1, 0.15) is 6.10 Å². The highest BCUT2D eigenvalue weighted by Crippen LogP contribution is 2.42. The third-order valence-electron chi connectivity index (χ3n) is 4.75. The predicted molar refractivity (Wildman–Crippen MR) is 81.7 cm³/mol. The highest BCUT2D eigenvalue weighted by Gasteiger charge is 2.41. The molecule has 0 bridgehead atoms. The zero-order valence-corrected chi connectivity index (χ0v) is 12.8. The Morgan fingerprint density at radius 3 is 2.86 bits per heavy atom. The molecule has 1 saturated heterocycles. The fourth-order valence-corrected chi connectivity index (χ4v) is 3.63. The van der Waals surface area contributed by atoms with Crippen molar-refractivity contribution < 1.29 is 14.2 Å². The van der Waals surface area contributed by atoms with Crippen LogP contribution in [0.5, 0.6) is 11.5 Å². The molecule has 0 radical (unpaired) electrons. The largest absolute Gasteiger partial charge is 0.493 e. The van der Waals surface area contributed by atoms with Crippen LogP contribution in [0.2, 0.25) is 0 Å². The van der Waals surface area contributed by atoms with Gasteiger partial charge < -0.3 is 19.9 Å². The van der Waals surface area contributed by atoms with Gasteiger partial charge in [0, 0.05) is 24.9 Å². The summed E-state index contributed by atoms with van der Waals surface area (Å²) in [5.74, 6) is 1.58. The molecule has 1 unspecified atom stereocenters. The summed E-state index contributed by atoms with van der Waals surface area (Å²) in [5.41, 5.74) is 6.90. The minimum absolute atomic E-state index is 0.0633. The van der Waals surface area contributed by atoms with Gasteiger partial charge in [-0.1, -0.05) is 25.0 Å². The van der Waals surface area contributed by atoms with Crippen molar-refractivity contribution >= 4 is 0 Å². The number of benzene rings is 1. The second-order valence-electron chi connectivity index (χ2n) is 6.12. The van der Waals surface area contributed by atoms with Crippen LogP contribution in [0.3, 0.4) is 0 Å². The molecule has 1 aromatic carbocycles. The molecule has 2 aliphatic rings. The minimum atomic E-state index is 0.0633. The molecule has 0 aromatic heterocycles. The molecule has 116 valence electrons. The summed E-state index contributed by atoms with van der Waals surface area (Å²) >= 11 is 0.